The molecule has 0 saturated carbocycles. The number of hydrogen-bond donors (Lipinski definition) is 1. The Morgan fingerprint density at radius 2 is 2.12 bits per heavy atom. The van der Waals surface area contributed by atoms with Crippen LogP contribution in [-0.2, 0) is 11.3 Å². The Balaban J connectivity index is 1.82. The van der Waals surface area contributed by atoms with Crippen LogP contribution < -0.4 is 10.2 Å². The highest BCUT2D eigenvalue weighted by Gasteiger charge is 2.30. The Bertz CT molecular complexity index is 969. The first-order valence-electron chi connectivity index (χ1n) is 7.81. The number of nitrogens with one attached hydrogen (secondary N) is 1. The van der Waals surface area contributed by atoms with E-state index in [4.69, 9.17) is 16.3 Å². The van der Waals surface area contributed by atoms with Crippen LogP contribution in [0.15, 0.2) is 30.3 Å². The lowest BCUT2D eigenvalue weighted by Crippen LogP contribution is -2.39. The number of aromatic nitrogens is 1. The third kappa shape index (κ3) is 2.76. The number of benzene rings is 1. The highest BCUT2D eigenvalue weighted by Crippen LogP contribution is 2.41. The van der Waals surface area contributed by atoms with Crippen molar-refractivity contribution in [3.63, 3.8) is 0 Å². The molecule has 0 aliphatic carbocycles. The maximum absolute atomic E-state index is 13.0. The molecule has 0 saturated heterocycles. The van der Waals surface area contributed by atoms with E-state index in [0.717, 1.165) is 32.8 Å². The van der Waals surface area contributed by atoms with Crippen molar-refractivity contribution >= 4 is 50.4 Å². The molecule has 1 amide bonds. The highest BCUT2D eigenvalue weighted by molar-refractivity contribution is 7.21. The number of hydrogen-bond acceptors (Lipinski definition) is 5. The molecule has 7 heteroatoms. The SMILES string of the molecule is COCc1cc(C)nc2sc3c(c12)NCN(c1ccc(Cl)cc1)C3=O. The molecule has 2 aromatic heterocycles. The molecule has 0 spiro atoms. The van der Waals surface area contributed by atoms with Crippen molar-refractivity contribution in [3.05, 3.63) is 51.5 Å². The summed E-state index contributed by atoms with van der Waals surface area (Å²) in [6.45, 7) is 2.84. The molecule has 1 aromatic carbocycles. The van der Waals surface area contributed by atoms with Crippen LogP contribution in [0.2, 0.25) is 5.02 Å². The number of amides is 1. The molecular formula is C18H16ClN3O2S. The van der Waals surface area contributed by atoms with Gasteiger partial charge in [-0.3, -0.25) is 9.69 Å². The second-order valence-corrected chi connectivity index (χ2v) is 7.32. The van der Waals surface area contributed by atoms with E-state index in [9.17, 15) is 4.79 Å². The summed E-state index contributed by atoms with van der Waals surface area (Å²) in [5.74, 6) is -0.0277. The number of carbonyl (C=O) groups is 1. The topological polar surface area (TPSA) is 54.5 Å². The molecule has 3 aromatic rings. The van der Waals surface area contributed by atoms with Gasteiger partial charge >= 0.3 is 0 Å². The number of ether oxygens (including phenoxy) is 1. The minimum atomic E-state index is -0.0277. The van der Waals surface area contributed by atoms with E-state index < -0.39 is 0 Å². The normalized spacial score (nSPS) is 13.9. The van der Waals surface area contributed by atoms with Gasteiger partial charge in [-0.1, -0.05) is 11.6 Å². The van der Waals surface area contributed by atoms with Gasteiger partial charge < -0.3 is 10.1 Å². The van der Waals surface area contributed by atoms with Crippen molar-refractivity contribution in [1.29, 1.82) is 0 Å². The van der Waals surface area contributed by atoms with Crippen LogP contribution in [-0.4, -0.2) is 24.7 Å². The minimum absolute atomic E-state index is 0.0277. The van der Waals surface area contributed by atoms with Gasteiger partial charge in [0.15, 0.2) is 0 Å². The number of halogens is 1. The number of aryl methyl sites for hydroxylation is 1. The third-order valence-corrected chi connectivity index (χ3v) is 5.49. The van der Waals surface area contributed by atoms with Crippen molar-refractivity contribution < 1.29 is 9.53 Å². The van der Waals surface area contributed by atoms with Crippen molar-refractivity contribution in [2.45, 2.75) is 13.5 Å². The summed E-state index contributed by atoms with van der Waals surface area (Å²) >= 11 is 7.36. The van der Waals surface area contributed by atoms with E-state index in [0.29, 0.717) is 23.2 Å². The summed E-state index contributed by atoms with van der Waals surface area (Å²) < 4.78 is 5.32. The van der Waals surface area contributed by atoms with Gasteiger partial charge in [0.05, 0.1) is 19.0 Å². The molecule has 5 nitrogen and oxygen atoms in total. The summed E-state index contributed by atoms with van der Waals surface area (Å²) in [5.41, 5.74) is 3.63. The van der Waals surface area contributed by atoms with Crippen LogP contribution >= 0.6 is 22.9 Å². The zero-order valence-corrected chi connectivity index (χ0v) is 15.4. The monoisotopic (exact) mass is 373 g/mol. The standard InChI is InChI=1S/C18H16ClN3O2S/c1-10-7-11(8-24-2)14-15-16(25-17(14)21-10)18(23)22(9-20-15)13-5-3-12(19)4-6-13/h3-7,20H,8-9H2,1-2H3. The van der Waals surface area contributed by atoms with Gasteiger partial charge in [0.2, 0.25) is 0 Å². The van der Waals surface area contributed by atoms with Gasteiger partial charge in [0, 0.05) is 28.9 Å². The lowest BCUT2D eigenvalue weighted by Gasteiger charge is -2.28. The number of anilines is 2. The Hall–Kier alpha value is -2.15. The molecule has 0 unspecified atom stereocenters. The van der Waals surface area contributed by atoms with Gasteiger partial charge in [0.1, 0.15) is 9.71 Å². The summed E-state index contributed by atoms with van der Waals surface area (Å²) in [6.07, 6.45) is 0. The second-order valence-electron chi connectivity index (χ2n) is 5.89. The Morgan fingerprint density at radius 3 is 2.84 bits per heavy atom. The summed E-state index contributed by atoms with van der Waals surface area (Å²) in [4.78, 5) is 20.9. The van der Waals surface area contributed by atoms with Crippen LogP contribution in [0.1, 0.15) is 20.9 Å². The fourth-order valence-corrected chi connectivity index (χ4v) is 4.40. The molecule has 1 aliphatic heterocycles. The predicted octanol–water partition coefficient (Wildman–Crippen LogP) is 4.43. The smallest absolute Gasteiger partial charge is 0.272 e. The van der Waals surface area contributed by atoms with Crippen LogP contribution in [0.3, 0.4) is 0 Å². The van der Waals surface area contributed by atoms with Crippen LogP contribution in [0.5, 0.6) is 0 Å². The third-order valence-electron chi connectivity index (χ3n) is 4.16. The van der Waals surface area contributed by atoms with E-state index in [2.05, 4.69) is 10.3 Å². The number of methoxy groups -OCH3 is 1. The highest BCUT2D eigenvalue weighted by atomic mass is 35.5. The quantitative estimate of drug-likeness (QED) is 0.737. The fraction of sp³-hybridized carbons (Fsp3) is 0.222. The van der Waals surface area contributed by atoms with Crippen molar-refractivity contribution in [2.24, 2.45) is 0 Å². The summed E-state index contributed by atoms with van der Waals surface area (Å²) in [6, 6.07) is 9.27. The molecule has 0 radical (unpaired) electrons. The lowest BCUT2D eigenvalue weighted by molar-refractivity contribution is 0.0990. The molecule has 1 N–H and O–H groups in total. The molecular weight excluding hydrogens is 358 g/mol. The maximum atomic E-state index is 13.0. The lowest BCUT2D eigenvalue weighted by atomic mass is 10.1. The Morgan fingerprint density at radius 1 is 1.36 bits per heavy atom. The first-order valence-corrected chi connectivity index (χ1v) is 9.01. The molecule has 25 heavy (non-hydrogen) atoms. The van der Waals surface area contributed by atoms with Crippen LogP contribution in [0, 0.1) is 6.92 Å². The van der Waals surface area contributed by atoms with Crippen molar-refractivity contribution in [2.75, 3.05) is 24.0 Å². The van der Waals surface area contributed by atoms with E-state index in [1.807, 2.05) is 25.1 Å². The zero-order chi connectivity index (χ0) is 17.6. The first kappa shape index (κ1) is 16.3. The Labute approximate surface area is 154 Å². The Kier molecular flexibility index (Phi) is 4.11. The van der Waals surface area contributed by atoms with Crippen LogP contribution in [0.25, 0.3) is 10.2 Å². The molecule has 128 valence electrons. The largest absolute Gasteiger partial charge is 0.380 e. The van der Waals surface area contributed by atoms with E-state index >= 15 is 0 Å². The molecule has 0 bridgehead atoms. The van der Waals surface area contributed by atoms with Gasteiger partial charge in [0.25, 0.3) is 5.91 Å². The maximum Gasteiger partial charge on any atom is 0.272 e. The van der Waals surface area contributed by atoms with Gasteiger partial charge in [-0.25, -0.2) is 4.98 Å². The average Bonchev–Trinajstić information content (AvgIpc) is 2.96. The zero-order valence-electron chi connectivity index (χ0n) is 13.8. The van der Waals surface area contributed by atoms with E-state index in [-0.39, 0.29) is 5.91 Å². The molecule has 1 aliphatic rings. The van der Waals surface area contributed by atoms with Crippen LogP contribution in [0.4, 0.5) is 11.4 Å². The van der Waals surface area contributed by atoms with E-state index in [1.54, 1.807) is 24.1 Å². The summed E-state index contributed by atoms with van der Waals surface area (Å²) in [5, 5.41) is 5.01. The number of pyridine rings is 1. The van der Waals surface area contributed by atoms with E-state index in [1.165, 1.54) is 11.3 Å². The molecule has 0 atom stereocenters. The van der Waals surface area contributed by atoms with Gasteiger partial charge in [-0.05, 0) is 42.8 Å². The van der Waals surface area contributed by atoms with Gasteiger partial charge in [-0.2, -0.15) is 0 Å². The first-order chi connectivity index (χ1) is 12.1. The predicted molar refractivity (Wildman–Crippen MR) is 102 cm³/mol. The average molecular weight is 374 g/mol. The number of nitrogens with zero attached hydrogens (tertiary/aromatic N) is 2. The molecule has 4 rings (SSSR count). The second kappa shape index (κ2) is 6.29. The van der Waals surface area contributed by atoms with Crippen molar-refractivity contribution in [3.8, 4) is 0 Å². The number of rotatable bonds is 3. The van der Waals surface area contributed by atoms with Gasteiger partial charge in [-0.15, -0.1) is 11.3 Å². The number of fused-ring (bicyclic) bond motifs is 3. The fourth-order valence-electron chi connectivity index (χ4n) is 3.08. The molecule has 0 fully saturated rings. The van der Waals surface area contributed by atoms with Crippen molar-refractivity contribution in [1.82, 2.24) is 4.98 Å². The number of thiophene rings is 1. The number of carbonyl (C=O) groups excluding carboxylic acids is 1. The molecule has 3 heterocycles. The summed E-state index contributed by atoms with van der Waals surface area (Å²) in [7, 11) is 1.67. The minimum Gasteiger partial charge on any atom is -0.380 e.